The highest BCUT2D eigenvalue weighted by Crippen LogP contribution is 2.43. The summed E-state index contributed by atoms with van der Waals surface area (Å²) in [5.41, 5.74) is 1.56. The summed E-state index contributed by atoms with van der Waals surface area (Å²) in [6.45, 7) is 0.831. The second kappa shape index (κ2) is 8.05. The van der Waals surface area contributed by atoms with Gasteiger partial charge in [-0.1, -0.05) is 41.9 Å². The van der Waals surface area contributed by atoms with E-state index < -0.39 is 17.7 Å². The molecule has 160 valence electrons. The minimum atomic E-state index is -0.817. The average molecular weight is 448 g/mol. The number of halogens is 1. The van der Waals surface area contributed by atoms with Crippen LogP contribution >= 0.6 is 11.6 Å². The third-order valence-electron chi connectivity index (χ3n) is 5.48. The lowest BCUT2D eigenvalue weighted by Gasteiger charge is -2.25. The molecule has 7 heteroatoms. The predicted octanol–water partition coefficient (Wildman–Crippen LogP) is 4.74. The summed E-state index contributed by atoms with van der Waals surface area (Å²) in [6, 6.07) is 19.9. The van der Waals surface area contributed by atoms with Gasteiger partial charge in [0.1, 0.15) is 19.0 Å². The van der Waals surface area contributed by atoms with Gasteiger partial charge in [0.2, 0.25) is 0 Å². The number of aliphatic hydroxyl groups is 1. The summed E-state index contributed by atoms with van der Waals surface area (Å²) >= 11 is 6.06. The molecule has 32 heavy (non-hydrogen) atoms. The average Bonchev–Trinajstić information content (AvgIpc) is 3.09. The number of aliphatic hydroxyl groups excluding tert-OH is 1. The van der Waals surface area contributed by atoms with Crippen molar-refractivity contribution in [3.05, 3.63) is 94.5 Å². The van der Waals surface area contributed by atoms with Crippen LogP contribution in [0, 0.1) is 0 Å². The summed E-state index contributed by atoms with van der Waals surface area (Å²) in [5, 5.41) is 11.7. The molecule has 5 rings (SSSR count). The zero-order valence-corrected chi connectivity index (χ0v) is 17.6. The maximum absolute atomic E-state index is 13.2. The van der Waals surface area contributed by atoms with E-state index in [1.54, 1.807) is 66.7 Å². The molecule has 1 unspecified atom stereocenters. The van der Waals surface area contributed by atoms with Gasteiger partial charge in [0.15, 0.2) is 11.5 Å². The number of ether oxygens (including phenoxy) is 2. The number of amides is 1. The zero-order chi connectivity index (χ0) is 22.2. The number of carbonyl (C=O) groups excluding carboxylic acids is 2. The Morgan fingerprint density at radius 2 is 1.59 bits per heavy atom. The lowest BCUT2D eigenvalue weighted by molar-refractivity contribution is -0.132. The minimum Gasteiger partial charge on any atom is -0.507 e. The minimum absolute atomic E-state index is 0.00199. The Morgan fingerprint density at radius 3 is 2.31 bits per heavy atom. The Kier molecular flexibility index (Phi) is 5.07. The van der Waals surface area contributed by atoms with E-state index in [0.29, 0.717) is 46.5 Å². The van der Waals surface area contributed by atoms with E-state index in [-0.39, 0.29) is 11.3 Å². The van der Waals surface area contributed by atoms with Crippen LogP contribution in [0.1, 0.15) is 17.2 Å². The van der Waals surface area contributed by atoms with Gasteiger partial charge in [-0.25, -0.2) is 0 Å². The van der Waals surface area contributed by atoms with E-state index in [1.807, 2.05) is 6.07 Å². The molecule has 1 fully saturated rings. The van der Waals surface area contributed by atoms with E-state index in [9.17, 15) is 14.7 Å². The Bertz CT molecular complexity index is 1240. The van der Waals surface area contributed by atoms with Crippen LogP contribution < -0.4 is 14.4 Å². The van der Waals surface area contributed by atoms with Crippen molar-refractivity contribution >= 4 is 34.7 Å². The van der Waals surface area contributed by atoms with Gasteiger partial charge in [0.25, 0.3) is 11.7 Å². The number of para-hydroxylation sites is 1. The van der Waals surface area contributed by atoms with Crippen molar-refractivity contribution in [3.63, 3.8) is 0 Å². The van der Waals surface area contributed by atoms with Gasteiger partial charge >= 0.3 is 0 Å². The second-order valence-electron chi connectivity index (χ2n) is 7.41. The van der Waals surface area contributed by atoms with Crippen molar-refractivity contribution < 1.29 is 24.2 Å². The van der Waals surface area contributed by atoms with Crippen LogP contribution in [0.5, 0.6) is 11.5 Å². The lowest BCUT2D eigenvalue weighted by Crippen LogP contribution is -2.29. The topological polar surface area (TPSA) is 76.1 Å². The first-order valence-corrected chi connectivity index (χ1v) is 10.4. The van der Waals surface area contributed by atoms with Crippen molar-refractivity contribution in [1.82, 2.24) is 0 Å². The Hall–Kier alpha value is -3.77. The molecule has 1 saturated heterocycles. The van der Waals surface area contributed by atoms with Gasteiger partial charge in [-0.15, -0.1) is 0 Å². The summed E-state index contributed by atoms with van der Waals surface area (Å²) in [7, 11) is 0. The van der Waals surface area contributed by atoms with Crippen molar-refractivity contribution in [3.8, 4) is 11.5 Å². The number of hydrogen-bond acceptors (Lipinski definition) is 5. The maximum Gasteiger partial charge on any atom is 0.300 e. The van der Waals surface area contributed by atoms with Gasteiger partial charge in [0.05, 0.1) is 11.6 Å². The van der Waals surface area contributed by atoms with E-state index >= 15 is 0 Å². The molecule has 0 aromatic heterocycles. The first kappa shape index (κ1) is 20.2. The zero-order valence-electron chi connectivity index (χ0n) is 16.8. The fraction of sp³-hybridized carbons (Fsp3) is 0.120. The van der Waals surface area contributed by atoms with Gasteiger partial charge < -0.3 is 14.6 Å². The molecule has 2 heterocycles. The fourth-order valence-electron chi connectivity index (χ4n) is 3.99. The molecule has 0 saturated carbocycles. The third-order valence-corrected chi connectivity index (χ3v) is 5.73. The Labute approximate surface area is 189 Å². The van der Waals surface area contributed by atoms with Crippen molar-refractivity contribution in [2.24, 2.45) is 0 Å². The van der Waals surface area contributed by atoms with Crippen molar-refractivity contribution in [2.75, 3.05) is 18.1 Å². The standard InChI is InChI=1S/C25H18ClNO5/c26-17-9-6-15(7-10-17)22-21(24(29)25(30)27(22)18-4-2-1-3-5-18)23(28)16-8-11-19-20(14-16)32-13-12-31-19/h1-11,14,22,28H,12-13H2/b23-21-. The number of nitrogens with zero attached hydrogens (tertiary/aromatic N) is 1. The van der Waals surface area contributed by atoms with E-state index in [1.165, 1.54) is 4.90 Å². The van der Waals surface area contributed by atoms with Crippen LogP contribution in [-0.4, -0.2) is 30.0 Å². The number of benzene rings is 3. The van der Waals surface area contributed by atoms with Crippen LogP contribution in [0.2, 0.25) is 5.02 Å². The Balaban J connectivity index is 1.69. The third kappa shape index (κ3) is 3.39. The van der Waals surface area contributed by atoms with Gasteiger partial charge in [0, 0.05) is 16.3 Å². The van der Waals surface area contributed by atoms with Gasteiger partial charge in [-0.3, -0.25) is 14.5 Å². The molecule has 2 aliphatic heterocycles. The number of carbonyl (C=O) groups is 2. The van der Waals surface area contributed by atoms with Crippen molar-refractivity contribution in [1.29, 1.82) is 0 Å². The molecule has 0 spiro atoms. The number of rotatable bonds is 3. The number of Topliss-reactive ketones (excluding diaryl/α,β-unsaturated/α-hetero) is 1. The number of anilines is 1. The quantitative estimate of drug-likeness (QED) is 0.356. The predicted molar refractivity (Wildman–Crippen MR) is 120 cm³/mol. The molecule has 0 bridgehead atoms. The highest BCUT2D eigenvalue weighted by molar-refractivity contribution is 6.51. The lowest BCUT2D eigenvalue weighted by atomic mass is 9.95. The molecular weight excluding hydrogens is 430 g/mol. The monoisotopic (exact) mass is 447 g/mol. The molecular formula is C25H18ClNO5. The molecule has 6 nitrogen and oxygen atoms in total. The summed E-state index contributed by atoms with van der Waals surface area (Å²) < 4.78 is 11.1. The summed E-state index contributed by atoms with van der Waals surface area (Å²) in [4.78, 5) is 27.6. The van der Waals surface area contributed by atoms with E-state index in [4.69, 9.17) is 21.1 Å². The largest absolute Gasteiger partial charge is 0.507 e. The highest BCUT2D eigenvalue weighted by atomic mass is 35.5. The molecule has 1 atom stereocenters. The van der Waals surface area contributed by atoms with E-state index in [2.05, 4.69) is 0 Å². The van der Waals surface area contributed by atoms with Gasteiger partial charge in [-0.05, 0) is 48.0 Å². The molecule has 2 aliphatic rings. The normalized spacial score (nSPS) is 19.3. The van der Waals surface area contributed by atoms with Crippen LogP contribution in [0.4, 0.5) is 5.69 Å². The van der Waals surface area contributed by atoms with Gasteiger partial charge in [-0.2, -0.15) is 0 Å². The first-order chi connectivity index (χ1) is 15.5. The Morgan fingerprint density at radius 1 is 0.906 bits per heavy atom. The molecule has 3 aromatic carbocycles. The number of ketones is 1. The van der Waals surface area contributed by atoms with Crippen molar-refractivity contribution in [2.45, 2.75) is 6.04 Å². The molecule has 1 amide bonds. The molecule has 0 radical (unpaired) electrons. The number of fused-ring (bicyclic) bond motifs is 1. The first-order valence-electron chi connectivity index (χ1n) is 10.1. The van der Waals surface area contributed by atoms with Crippen LogP contribution in [-0.2, 0) is 9.59 Å². The molecule has 3 aromatic rings. The smallest absolute Gasteiger partial charge is 0.300 e. The van der Waals surface area contributed by atoms with Crippen LogP contribution in [0.25, 0.3) is 5.76 Å². The highest BCUT2D eigenvalue weighted by Gasteiger charge is 2.47. The summed E-state index contributed by atoms with van der Waals surface area (Å²) in [5.74, 6) is -0.720. The molecule has 0 aliphatic carbocycles. The fourth-order valence-corrected chi connectivity index (χ4v) is 4.12. The van der Waals surface area contributed by atoms with Crippen LogP contribution in [0.15, 0.2) is 78.4 Å². The number of hydrogen-bond donors (Lipinski definition) is 1. The SMILES string of the molecule is O=C1C(=O)N(c2ccccc2)C(c2ccc(Cl)cc2)/C1=C(/O)c1ccc2c(c1)OCCO2. The van der Waals surface area contributed by atoms with E-state index in [0.717, 1.165) is 0 Å². The summed E-state index contributed by atoms with van der Waals surface area (Å²) in [6.07, 6.45) is 0. The maximum atomic E-state index is 13.2. The second-order valence-corrected chi connectivity index (χ2v) is 7.85. The molecule has 1 N–H and O–H groups in total. The van der Waals surface area contributed by atoms with Crippen LogP contribution in [0.3, 0.4) is 0 Å².